The third-order valence-corrected chi connectivity index (χ3v) is 3.21. The van der Waals surface area contributed by atoms with Crippen molar-refractivity contribution < 1.29 is 4.39 Å². The largest absolute Gasteiger partial charge is 0.363 e. The molecule has 6 heteroatoms. The van der Waals surface area contributed by atoms with Crippen molar-refractivity contribution in [2.24, 2.45) is 5.84 Å². The minimum Gasteiger partial charge on any atom is -0.363 e. The molecule has 0 aliphatic rings. The van der Waals surface area contributed by atoms with Gasteiger partial charge in [-0.2, -0.15) is 4.98 Å². The lowest BCUT2D eigenvalue weighted by molar-refractivity contribution is 0.508. The Morgan fingerprint density at radius 2 is 1.95 bits per heavy atom. The number of aryl methyl sites for hydroxylation is 1. The van der Waals surface area contributed by atoms with Crippen LogP contribution in [0.15, 0.2) is 36.5 Å². The number of aromatic nitrogens is 2. The Bertz CT molecular complexity index is 586. The third-order valence-electron chi connectivity index (χ3n) is 3.21. The van der Waals surface area contributed by atoms with E-state index in [9.17, 15) is 4.39 Å². The highest BCUT2D eigenvalue weighted by molar-refractivity contribution is 5.42. The van der Waals surface area contributed by atoms with E-state index in [1.165, 1.54) is 5.56 Å². The maximum Gasteiger partial charge on any atom is 0.239 e. The van der Waals surface area contributed by atoms with E-state index >= 15 is 0 Å². The van der Waals surface area contributed by atoms with E-state index in [0.29, 0.717) is 0 Å². The topological polar surface area (TPSA) is 75.9 Å². The van der Waals surface area contributed by atoms with Gasteiger partial charge in [0.25, 0.3) is 0 Å². The normalized spacial score (nSPS) is 11.2. The molecule has 112 valence electrons. The van der Waals surface area contributed by atoms with Gasteiger partial charge < -0.3 is 5.32 Å². The van der Waals surface area contributed by atoms with E-state index < -0.39 is 5.82 Å². The molecule has 21 heavy (non-hydrogen) atoms. The van der Waals surface area contributed by atoms with Crippen LogP contribution in [0.4, 0.5) is 16.2 Å². The van der Waals surface area contributed by atoms with Gasteiger partial charge in [0.1, 0.15) is 0 Å². The number of halogens is 1. The number of nitrogens with two attached hydrogens (primary N) is 1. The van der Waals surface area contributed by atoms with Crippen LogP contribution in [0.25, 0.3) is 0 Å². The molecule has 0 saturated heterocycles. The Kier molecular flexibility index (Phi) is 4.70. The summed E-state index contributed by atoms with van der Waals surface area (Å²) in [5, 5.41) is 3.11. The zero-order valence-corrected chi connectivity index (χ0v) is 12.2. The summed E-state index contributed by atoms with van der Waals surface area (Å²) in [6.45, 7) is 4.01. The van der Waals surface area contributed by atoms with Crippen LogP contribution in [0.5, 0.6) is 0 Å². The number of hydrazine groups is 1. The molecule has 0 spiro atoms. The van der Waals surface area contributed by atoms with Gasteiger partial charge in [-0.15, -0.1) is 0 Å². The predicted octanol–water partition coefficient (Wildman–Crippen LogP) is 2.72. The van der Waals surface area contributed by atoms with Crippen molar-refractivity contribution in [1.82, 2.24) is 9.97 Å². The predicted molar refractivity (Wildman–Crippen MR) is 82.3 cm³/mol. The average molecular weight is 289 g/mol. The van der Waals surface area contributed by atoms with Gasteiger partial charge in [0.2, 0.25) is 5.95 Å². The summed E-state index contributed by atoms with van der Waals surface area (Å²) in [6, 6.07) is 10.2. The van der Waals surface area contributed by atoms with Crippen LogP contribution in [0.2, 0.25) is 0 Å². The molecule has 0 unspecified atom stereocenters. The molecule has 2 rings (SSSR count). The average Bonchev–Trinajstić information content (AvgIpc) is 2.48. The van der Waals surface area contributed by atoms with Gasteiger partial charge >= 0.3 is 0 Å². The van der Waals surface area contributed by atoms with E-state index in [2.05, 4.69) is 32.8 Å². The lowest BCUT2D eigenvalue weighted by Gasteiger charge is -2.27. The summed E-state index contributed by atoms with van der Waals surface area (Å²) in [7, 11) is 0. The molecule has 0 bridgehead atoms. The van der Waals surface area contributed by atoms with Crippen molar-refractivity contribution in [3.8, 4) is 0 Å². The minimum atomic E-state index is -0.498. The standard InChI is InChI=1S/C15H20FN5/c1-15(2,9-8-11-6-4-3-5-7-11)20-13-12(16)10-18-14(19-13)21-17/h3-7,10H,8-9,17H2,1-2H3,(H2,18,19,20,21). The maximum absolute atomic E-state index is 13.7. The Morgan fingerprint density at radius 3 is 2.62 bits per heavy atom. The smallest absolute Gasteiger partial charge is 0.239 e. The lowest BCUT2D eigenvalue weighted by Crippen LogP contribution is -2.32. The molecule has 4 N–H and O–H groups in total. The van der Waals surface area contributed by atoms with Crippen molar-refractivity contribution in [1.29, 1.82) is 0 Å². The minimum absolute atomic E-state index is 0.149. The van der Waals surface area contributed by atoms with Crippen molar-refractivity contribution >= 4 is 11.8 Å². The van der Waals surface area contributed by atoms with Gasteiger partial charge in [-0.1, -0.05) is 30.3 Å². The molecule has 0 amide bonds. The molecule has 0 radical (unpaired) electrons. The van der Waals surface area contributed by atoms with E-state index in [1.54, 1.807) is 0 Å². The fourth-order valence-corrected chi connectivity index (χ4v) is 2.01. The van der Waals surface area contributed by atoms with Crippen LogP contribution in [-0.2, 0) is 6.42 Å². The molecule has 0 fully saturated rings. The van der Waals surface area contributed by atoms with E-state index in [0.717, 1.165) is 19.0 Å². The highest BCUT2D eigenvalue weighted by Gasteiger charge is 2.20. The summed E-state index contributed by atoms with van der Waals surface area (Å²) < 4.78 is 13.7. The molecular weight excluding hydrogens is 269 g/mol. The molecular formula is C15H20FN5. The van der Waals surface area contributed by atoms with Crippen molar-refractivity contribution in [2.75, 3.05) is 10.7 Å². The number of anilines is 2. The van der Waals surface area contributed by atoms with E-state index in [1.807, 2.05) is 32.0 Å². The number of hydrogen-bond donors (Lipinski definition) is 3. The first-order valence-electron chi connectivity index (χ1n) is 6.81. The summed E-state index contributed by atoms with van der Waals surface area (Å²) in [4.78, 5) is 7.72. The number of hydrogen-bond acceptors (Lipinski definition) is 5. The van der Waals surface area contributed by atoms with Crippen LogP contribution >= 0.6 is 0 Å². The van der Waals surface area contributed by atoms with Crippen LogP contribution in [-0.4, -0.2) is 15.5 Å². The monoisotopic (exact) mass is 289 g/mol. The second kappa shape index (κ2) is 6.49. The third kappa shape index (κ3) is 4.39. The molecule has 0 aliphatic carbocycles. The number of nitrogens with one attached hydrogen (secondary N) is 2. The molecule has 0 aliphatic heterocycles. The van der Waals surface area contributed by atoms with Gasteiger partial charge in [-0.3, -0.25) is 5.43 Å². The molecule has 1 aromatic carbocycles. The van der Waals surface area contributed by atoms with Gasteiger partial charge in [0.05, 0.1) is 6.20 Å². The summed E-state index contributed by atoms with van der Waals surface area (Å²) >= 11 is 0. The summed E-state index contributed by atoms with van der Waals surface area (Å²) in [5.74, 6) is 5.07. The fraction of sp³-hybridized carbons (Fsp3) is 0.333. The number of rotatable bonds is 6. The van der Waals surface area contributed by atoms with Gasteiger partial charge in [0, 0.05) is 5.54 Å². The van der Waals surface area contributed by atoms with Gasteiger partial charge in [0.15, 0.2) is 11.6 Å². The first kappa shape index (κ1) is 15.2. The molecule has 5 nitrogen and oxygen atoms in total. The van der Waals surface area contributed by atoms with Gasteiger partial charge in [-0.25, -0.2) is 15.2 Å². The molecule has 1 heterocycles. The van der Waals surface area contributed by atoms with Crippen LogP contribution in [0.1, 0.15) is 25.8 Å². The molecule has 0 atom stereocenters. The first-order chi connectivity index (χ1) is 10.00. The number of nitrogens with zero attached hydrogens (tertiary/aromatic N) is 2. The zero-order valence-electron chi connectivity index (χ0n) is 12.2. The van der Waals surface area contributed by atoms with Crippen LogP contribution in [0, 0.1) is 5.82 Å². The highest BCUT2D eigenvalue weighted by atomic mass is 19.1. The van der Waals surface area contributed by atoms with Gasteiger partial charge in [-0.05, 0) is 32.3 Å². The van der Waals surface area contributed by atoms with Crippen molar-refractivity contribution in [3.05, 3.63) is 47.9 Å². The number of benzene rings is 1. The Morgan fingerprint density at radius 1 is 1.24 bits per heavy atom. The highest BCUT2D eigenvalue weighted by Crippen LogP contribution is 2.21. The summed E-state index contributed by atoms with van der Waals surface area (Å²) in [5.41, 5.74) is 3.25. The SMILES string of the molecule is CC(C)(CCc1ccccc1)Nc1nc(NN)ncc1F. The van der Waals surface area contributed by atoms with Crippen molar-refractivity contribution in [2.45, 2.75) is 32.2 Å². The molecule has 2 aromatic rings. The fourth-order valence-electron chi connectivity index (χ4n) is 2.01. The van der Waals surface area contributed by atoms with Crippen LogP contribution < -0.4 is 16.6 Å². The quantitative estimate of drug-likeness (QED) is 0.563. The molecule has 0 saturated carbocycles. The van der Waals surface area contributed by atoms with Crippen molar-refractivity contribution in [3.63, 3.8) is 0 Å². The first-order valence-corrected chi connectivity index (χ1v) is 6.81. The molecule has 1 aromatic heterocycles. The Hall–Kier alpha value is -2.21. The lowest BCUT2D eigenvalue weighted by atomic mass is 9.95. The number of nitrogen functional groups attached to an aromatic ring is 1. The van der Waals surface area contributed by atoms with Crippen LogP contribution in [0.3, 0.4) is 0 Å². The summed E-state index contributed by atoms with van der Waals surface area (Å²) in [6.07, 6.45) is 2.83. The van der Waals surface area contributed by atoms with E-state index in [4.69, 9.17) is 5.84 Å². The maximum atomic E-state index is 13.7. The van der Waals surface area contributed by atoms with E-state index in [-0.39, 0.29) is 17.3 Å². The Balaban J connectivity index is 2.03. The second-order valence-corrected chi connectivity index (χ2v) is 5.53. The Labute approximate surface area is 123 Å². The second-order valence-electron chi connectivity index (χ2n) is 5.53. The zero-order chi connectivity index (χ0) is 15.3.